The Morgan fingerprint density at radius 2 is 1.82 bits per heavy atom. The van der Waals surface area contributed by atoms with Gasteiger partial charge < -0.3 is 15.4 Å². The predicted octanol–water partition coefficient (Wildman–Crippen LogP) is 2.39. The monoisotopic (exact) mass is 404 g/mol. The van der Waals surface area contributed by atoms with Crippen molar-refractivity contribution in [2.75, 3.05) is 25.9 Å². The zero-order valence-corrected chi connectivity index (χ0v) is 17.3. The van der Waals surface area contributed by atoms with Crippen LogP contribution in [0, 0.1) is 6.92 Å². The molecule has 152 valence electrons. The summed E-state index contributed by atoms with van der Waals surface area (Å²) in [6.07, 6.45) is 1.14. The maximum absolute atomic E-state index is 11.1. The smallest absolute Gasteiger partial charge is 0.208 e. The van der Waals surface area contributed by atoms with Crippen molar-refractivity contribution in [3.05, 3.63) is 59.7 Å². The fourth-order valence-corrected chi connectivity index (χ4v) is 2.90. The molecule has 0 fully saturated rings. The zero-order chi connectivity index (χ0) is 20.4. The number of nitrogens with zero attached hydrogens (tertiary/aromatic N) is 1. The molecule has 0 amide bonds. The molecule has 0 radical (unpaired) electrons. The highest BCUT2D eigenvalue weighted by Crippen LogP contribution is 2.27. The van der Waals surface area contributed by atoms with Gasteiger partial charge in [0.05, 0.1) is 12.8 Å². The first-order valence-corrected chi connectivity index (χ1v) is 11.1. The minimum atomic E-state index is -3.20. The van der Waals surface area contributed by atoms with E-state index in [0.717, 1.165) is 28.9 Å². The van der Waals surface area contributed by atoms with Crippen molar-refractivity contribution in [1.82, 2.24) is 15.4 Å². The lowest BCUT2D eigenvalue weighted by Crippen LogP contribution is -2.41. The zero-order valence-electron chi connectivity index (χ0n) is 16.5. The number of aliphatic imine (C=N–C) groups is 1. The number of para-hydroxylation sites is 1. The Hall–Kier alpha value is -2.58. The summed E-state index contributed by atoms with van der Waals surface area (Å²) < 4.78 is 30.7. The van der Waals surface area contributed by atoms with Crippen molar-refractivity contribution >= 4 is 16.0 Å². The highest BCUT2D eigenvalue weighted by Gasteiger charge is 2.07. The molecule has 0 aliphatic carbocycles. The van der Waals surface area contributed by atoms with Gasteiger partial charge in [-0.3, -0.25) is 0 Å². The molecule has 0 aliphatic rings. The summed E-state index contributed by atoms with van der Waals surface area (Å²) in [6, 6.07) is 15.7. The Morgan fingerprint density at radius 3 is 2.50 bits per heavy atom. The number of hydrogen-bond acceptors (Lipinski definition) is 4. The van der Waals surface area contributed by atoms with Crippen molar-refractivity contribution in [2.24, 2.45) is 4.99 Å². The maximum atomic E-state index is 11.1. The second-order valence-corrected chi connectivity index (χ2v) is 8.15. The molecule has 2 aromatic rings. The lowest BCUT2D eigenvalue weighted by molar-refractivity contribution is 0.476. The Kier molecular flexibility index (Phi) is 8.28. The van der Waals surface area contributed by atoms with Crippen LogP contribution in [0.15, 0.2) is 53.5 Å². The third kappa shape index (κ3) is 7.98. The Bertz CT molecular complexity index is 884. The Labute approximate surface area is 167 Å². The van der Waals surface area contributed by atoms with Crippen molar-refractivity contribution in [1.29, 1.82) is 0 Å². The minimum Gasteiger partial charge on any atom is -0.457 e. The van der Waals surface area contributed by atoms with Crippen LogP contribution in [0.3, 0.4) is 0 Å². The summed E-state index contributed by atoms with van der Waals surface area (Å²) in [7, 11) is -3.20. The largest absolute Gasteiger partial charge is 0.457 e. The SMILES string of the molecule is CCNC(=NCc1ccc(C)cc1Oc1ccccc1)NCCNS(C)(=O)=O. The second kappa shape index (κ2) is 10.7. The highest BCUT2D eigenvalue weighted by atomic mass is 32.2. The van der Waals surface area contributed by atoms with Crippen LogP contribution in [-0.2, 0) is 16.6 Å². The van der Waals surface area contributed by atoms with E-state index in [4.69, 9.17) is 4.74 Å². The molecular weight excluding hydrogens is 376 g/mol. The number of rotatable bonds is 9. The van der Waals surface area contributed by atoms with Crippen LogP contribution < -0.4 is 20.1 Å². The van der Waals surface area contributed by atoms with E-state index < -0.39 is 10.0 Å². The third-order valence-electron chi connectivity index (χ3n) is 3.73. The number of aryl methyl sites for hydroxylation is 1. The normalized spacial score (nSPS) is 11.9. The third-order valence-corrected chi connectivity index (χ3v) is 4.46. The van der Waals surface area contributed by atoms with Crippen LogP contribution in [0.25, 0.3) is 0 Å². The van der Waals surface area contributed by atoms with Crippen LogP contribution in [0.5, 0.6) is 11.5 Å². The average Bonchev–Trinajstić information content (AvgIpc) is 2.64. The first-order chi connectivity index (χ1) is 13.4. The maximum Gasteiger partial charge on any atom is 0.208 e. The van der Waals surface area contributed by atoms with E-state index in [0.29, 0.717) is 25.6 Å². The molecule has 0 spiro atoms. The van der Waals surface area contributed by atoms with E-state index in [2.05, 4.69) is 20.3 Å². The summed E-state index contributed by atoms with van der Waals surface area (Å²) in [5.41, 5.74) is 2.07. The topological polar surface area (TPSA) is 91.8 Å². The van der Waals surface area contributed by atoms with Gasteiger partial charge in [0.1, 0.15) is 11.5 Å². The molecule has 7 nitrogen and oxygen atoms in total. The number of guanidine groups is 1. The van der Waals surface area contributed by atoms with Gasteiger partial charge in [0.2, 0.25) is 10.0 Å². The fourth-order valence-electron chi connectivity index (χ4n) is 2.43. The fraction of sp³-hybridized carbons (Fsp3) is 0.350. The number of sulfonamides is 1. The van der Waals surface area contributed by atoms with Gasteiger partial charge in [0.25, 0.3) is 0 Å². The van der Waals surface area contributed by atoms with Gasteiger partial charge in [-0.05, 0) is 37.6 Å². The number of benzene rings is 2. The van der Waals surface area contributed by atoms with Gasteiger partial charge in [-0.2, -0.15) is 0 Å². The van der Waals surface area contributed by atoms with Crippen molar-refractivity contribution in [3.63, 3.8) is 0 Å². The van der Waals surface area contributed by atoms with Crippen molar-refractivity contribution in [2.45, 2.75) is 20.4 Å². The summed E-state index contributed by atoms with van der Waals surface area (Å²) >= 11 is 0. The average molecular weight is 405 g/mol. The molecule has 0 aliphatic heterocycles. The Balaban J connectivity index is 2.06. The van der Waals surface area contributed by atoms with Crippen LogP contribution in [0.1, 0.15) is 18.1 Å². The quantitative estimate of drug-likeness (QED) is 0.339. The molecule has 0 heterocycles. The molecule has 2 rings (SSSR count). The van der Waals surface area contributed by atoms with Gasteiger partial charge >= 0.3 is 0 Å². The first-order valence-electron chi connectivity index (χ1n) is 9.16. The molecule has 0 unspecified atom stereocenters. The van der Waals surface area contributed by atoms with Crippen LogP contribution in [0.2, 0.25) is 0 Å². The summed E-state index contributed by atoms with van der Waals surface area (Å²) in [6.45, 7) is 5.84. The van der Waals surface area contributed by atoms with E-state index in [1.54, 1.807) is 0 Å². The van der Waals surface area contributed by atoms with Crippen molar-refractivity contribution in [3.8, 4) is 11.5 Å². The Morgan fingerprint density at radius 1 is 1.07 bits per heavy atom. The minimum absolute atomic E-state index is 0.288. The van der Waals surface area contributed by atoms with E-state index in [1.807, 2.05) is 62.4 Å². The van der Waals surface area contributed by atoms with Crippen LogP contribution >= 0.6 is 0 Å². The number of hydrogen-bond donors (Lipinski definition) is 3. The summed E-state index contributed by atoms with van der Waals surface area (Å²) in [5.74, 6) is 2.16. The predicted molar refractivity (Wildman–Crippen MR) is 113 cm³/mol. The highest BCUT2D eigenvalue weighted by molar-refractivity contribution is 7.88. The molecule has 0 saturated carbocycles. The van der Waals surface area contributed by atoms with Gasteiger partial charge in [0, 0.05) is 25.2 Å². The second-order valence-electron chi connectivity index (χ2n) is 6.31. The van der Waals surface area contributed by atoms with E-state index in [1.165, 1.54) is 0 Å². The van der Waals surface area contributed by atoms with Gasteiger partial charge in [0.15, 0.2) is 5.96 Å². The standard InChI is InChI=1S/C20H28N4O3S/c1-4-21-20(22-12-13-24-28(3,25)26)23-15-17-11-10-16(2)14-19(17)27-18-8-6-5-7-9-18/h5-11,14,24H,4,12-13,15H2,1-3H3,(H2,21,22,23). The van der Waals surface area contributed by atoms with E-state index in [9.17, 15) is 8.42 Å². The van der Waals surface area contributed by atoms with Gasteiger partial charge in [-0.25, -0.2) is 18.1 Å². The summed E-state index contributed by atoms with van der Waals surface area (Å²) in [4.78, 5) is 4.59. The van der Waals surface area contributed by atoms with Crippen LogP contribution in [-0.4, -0.2) is 40.3 Å². The number of nitrogens with one attached hydrogen (secondary N) is 3. The molecule has 0 bridgehead atoms. The molecule has 0 saturated heterocycles. The van der Waals surface area contributed by atoms with E-state index >= 15 is 0 Å². The number of ether oxygens (including phenoxy) is 1. The van der Waals surface area contributed by atoms with E-state index in [-0.39, 0.29) is 6.54 Å². The molecule has 2 aromatic carbocycles. The molecule has 0 atom stereocenters. The first kappa shape index (κ1) is 21.7. The lowest BCUT2D eigenvalue weighted by Gasteiger charge is -2.13. The molecule has 0 aromatic heterocycles. The van der Waals surface area contributed by atoms with Gasteiger partial charge in [-0.1, -0.05) is 30.3 Å². The lowest BCUT2D eigenvalue weighted by atomic mass is 10.1. The molecular formula is C20H28N4O3S. The van der Waals surface area contributed by atoms with Gasteiger partial charge in [-0.15, -0.1) is 0 Å². The molecule has 28 heavy (non-hydrogen) atoms. The molecule has 3 N–H and O–H groups in total. The van der Waals surface area contributed by atoms with Crippen molar-refractivity contribution < 1.29 is 13.2 Å². The molecule has 8 heteroatoms. The summed E-state index contributed by atoms with van der Waals surface area (Å²) in [5, 5.41) is 6.27. The van der Waals surface area contributed by atoms with Crippen LogP contribution in [0.4, 0.5) is 0 Å².